The fourth-order valence-electron chi connectivity index (χ4n) is 3.78. The molecule has 2 heterocycles. The summed E-state index contributed by atoms with van der Waals surface area (Å²) in [4.78, 5) is 33.7. The van der Waals surface area contributed by atoms with Crippen LogP contribution in [0.3, 0.4) is 0 Å². The molecule has 1 aliphatic heterocycles. The van der Waals surface area contributed by atoms with Crippen molar-refractivity contribution < 1.29 is 19.4 Å². The average Bonchev–Trinajstić information content (AvgIpc) is 3.04. The molecular weight excluding hydrogens is 406 g/mol. The summed E-state index contributed by atoms with van der Waals surface area (Å²) in [7, 11) is 3.92. The van der Waals surface area contributed by atoms with Crippen LogP contribution < -0.4 is 4.74 Å². The number of rotatable bonds is 10. The lowest BCUT2D eigenvalue weighted by molar-refractivity contribution is -0.139. The van der Waals surface area contributed by atoms with E-state index in [0.29, 0.717) is 36.4 Å². The summed E-state index contributed by atoms with van der Waals surface area (Å²) in [5.41, 5.74) is 1.21. The zero-order valence-corrected chi connectivity index (χ0v) is 19.0. The first-order chi connectivity index (χ1) is 15.4. The van der Waals surface area contributed by atoms with Crippen molar-refractivity contribution in [2.75, 3.05) is 33.8 Å². The van der Waals surface area contributed by atoms with Gasteiger partial charge in [0.2, 0.25) is 0 Å². The molecule has 1 amide bonds. The number of aliphatic hydroxyl groups is 1. The number of aromatic nitrogens is 1. The van der Waals surface area contributed by atoms with Crippen LogP contribution in [0.25, 0.3) is 5.76 Å². The number of ether oxygens (including phenoxy) is 1. The van der Waals surface area contributed by atoms with Gasteiger partial charge in [-0.25, -0.2) is 0 Å². The van der Waals surface area contributed by atoms with Gasteiger partial charge in [0.1, 0.15) is 11.5 Å². The summed E-state index contributed by atoms with van der Waals surface area (Å²) in [5.74, 6) is -0.873. The van der Waals surface area contributed by atoms with E-state index in [1.54, 1.807) is 36.7 Å². The fraction of sp³-hybridized carbons (Fsp3) is 0.400. The minimum Gasteiger partial charge on any atom is -0.507 e. The Labute approximate surface area is 189 Å². The van der Waals surface area contributed by atoms with Gasteiger partial charge in [-0.1, -0.05) is 31.5 Å². The number of unbranched alkanes of at least 4 members (excludes halogenated alkanes) is 1. The highest BCUT2D eigenvalue weighted by Crippen LogP contribution is 2.39. The van der Waals surface area contributed by atoms with Crippen molar-refractivity contribution >= 4 is 17.4 Å². The molecule has 1 N–H and O–H groups in total. The van der Waals surface area contributed by atoms with Crippen LogP contribution in [0, 0.1) is 0 Å². The monoisotopic (exact) mass is 437 g/mol. The van der Waals surface area contributed by atoms with E-state index < -0.39 is 17.7 Å². The van der Waals surface area contributed by atoms with E-state index in [0.717, 1.165) is 19.4 Å². The van der Waals surface area contributed by atoms with Crippen LogP contribution in [0.5, 0.6) is 5.75 Å². The lowest BCUT2D eigenvalue weighted by Gasteiger charge is -2.25. The van der Waals surface area contributed by atoms with E-state index >= 15 is 0 Å². The Hall–Kier alpha value is -3.19. The van der Waals surface area contributed by atoms with Crippen LogP contribution in [0.4, 0.5) is 0 Å². The van der Waals surface area contributed by atoms with Gasteiger partial charge in [0, 0.05) is 24.5 Å². The minimum absolute atomic E-state index is 0.0820. The highest BCUT2D eigenvalue weighted by molar-refractivity contribution is 6.46. The lowest BCUT2D eigenvalue weighted by atomic mass is 9.96. The second-order valence-corrected chi connectivity index (χ2v) is 8.17. The van der Waals surface area contributed by atoms with E-state index in [1.807, 2.05) is 31.1 Å². The first kappa shape index (κ1) is 23.5. The number of hydrogen-bond acceptors (Lipinski definition) is 6. The fourth-order valence-corrected chi connectivity index (χ4v) is 3.78. The number of nitrogens with zero attached hydrogens (tertiary/aromatic N) is 3. The van der Waals surface area contributed by atoms with Crippen LogP contribution in [0.2, 0.25) is 0 Å². The maximum absolute atomic E-state index is 13.0. The van der Waals surface area contributed by atoms with Crippen molar-refractivity contribution in [1.29, 1.82) is 0 Å². The van der Waals surface area contributed by atoms with Crippen molar-refractivity contribution in [2.24, 2.45) is 0 Å². The molecule has 1 saturated heterocycles. The SMILES string of the molecule is CCCCOc1cccc(/C(O)=C2\C(=O)C(=O)N(CCCN(C)C)C2c2cccnc2)c1. The highest BCUT2D eigenvalue weighted by atomic mass is 16.5. The zero-order chi connectivity index (χ0) is 23.1. The van der Waals surface area contributed by atoms with E-state index in [2.05, 4.69) is 11.9 Å². The molecule has 32 heavy (non-hydrogen) atoms. The number of benzene rings is 1. The van der Waals surface area contributed by atoms with Crippen molar-refractivity contribution in [3.8, 4) is 5.75 Å². The van der Waals surface area contributed by atoms with Crippen molar-refractivity contribution in [1.82, 2.24) is 14.8 Å². The topological polar surface area (TPSA) is 83.0 Å². The van der Waals surface area contributed by atoms with Crippen molar-refractivity contribution in [3.05, 3.63) is 65.5 Å². The molecule has 1 atom stereocenters. The highest BCUT2D eigenvalue weighted by Gasteiger charge is 2.45. The first-order valence-electron chi connectivity index (χ1n) is 11.0. The molecule has 0 aliphatic carbocycles. The molecule has 170 valence electrons. The quantitative estimate of drug-likeness (QED) is 0.265. The van der Waals surface area contributed by atoms with Crippen LogP contribution in [0.1, 0.15) is 43.4 Å². The second-order valence-electron chi connectivity index (χ2n) is 8.17. The molecule has 1 unspecified atom stereocenters. The van der Waals surface area contributed by atoms with Gasteiger partial charge in [-0.3, -0.25) is 14.6 Å². The summed E-state index contributed by atoms with van der Waals surface area (Å²) >= 11 is 0. The maximum atomic E-state index is 13.0. The Balaban J connectivity index is 2.00. The van der Waals surface area contributed by atoms with Gasteiger partial charge in [-0.15, -0.1) is 0 Å². The smallest absolute Gasteiger partial charge is 0.295 e. The second kappa shape index (κ2) is 10.9. The van der Waals surface area contributed by atoms with E-state index in [9.17, 15) is 14.7 Å². The normalized spacial score (nSPS) is 17.9. The zero-order valence-electron chi connectivity index (χ0n) is 19.0. The molecule has 3 rings (SSSR count). The Kier molecular flexibility index (Phi) is 8.00. The Morgan fingerprint density at radius 3 is 2.69 bits per heavy atom. The molecule has 1 aliphatic rings. The molecule has 0 radical (unpaired) electrons. The summed E-state index contributed by atoms with van der Waals surface area (Å²) in [6.07, 6.45) is 5.92. The molecule has 1 fully saturated rings. The van der Waals surface area contributed by atoms with E-state index in [-0.39, 0.29) is 11.3 Å². The number of carbonyl (C=O) groups is 2. The van der Waals surface area contributed by atoms with Crippen LogP contribution >= 0.6 is 0 Å². The average molecular weight is 438 g/mol. The summed E-state index contributed by atoms with van der Waals surface area (Å²) < 4.78 is 5.75. The molecule has 1 aromatic carbocycles. The third-order valence-electron chi connectivity index (χ3n) is 5.42. The number of hydrogen-bond donors (Lipinski definition) is 1. The maximum Gasteiger partial charge on any atom is 0.295 e. The molecule has 0 spiro atoms. The Morgan fingerprint density at radius 1 is 1.19 bits per heavy atom. The third-order valence-corrected chi connectivity index (χ3v) is 5.42. The summed E-state index contributed by atoms with van der Waals surface area (Å²) in [5, 5.41) is 11.2. The number of amides is 1. The van der Waals surface area contributed by atoms with Gasteiger partial charge in [-0.05, 0) is 57.2 Å². The third kappa shape index (κ3) is 5.34. The number of Topliss-reactive ketones (excluding diaryl/α,β-unsaturated/α-hetero) is 1. The standard InChI is InChI=1S/C25H31N3O4/c1-4-5-15-32-20-11-6-9-18(16-20)23(29)21-22(19-10-7-12-26-17-19)28(25(31)24(21)30)14-8-13-27(2)3/h6-7,9-12,16-17,22,29H,4-5,8,13-15H2,1-3H3/b23-21+. The molecule has 0 saturated carbocycles. The van der Waals surface area contributed by atoms with Crippen LogP contribution in [0.15, 0.2) is 54.4 Å². The predicted octanol–water partition coefficient (Wildman–Crippen LogP) is 3.63. The largest absolute Gasteiger partial charge is 0.507 e. The summed E-state index contributed by atoms with van der Waals surface area (Å²) in [6.45, 7) is 3.84. The lowest BCUT2D eigenvalue weighted by Crippen LogP contribution is -2.32. The number of aliphatic hydroxyl groups excluding tert-OH is 1. The molecule has 2 aromatic rings. The molecule has 1 aromatic heterocycles. The van der Waals surface area contributed by atoms with Gasteiger partial charge in [0.15, 0.2) is 0 Å². The number of ketones is 1. The summed E-state index contributed by atoms with van der Waals surface area (Å²) in [6, 6.07) is 9.88. The molecule has 0 bridgehead atoms. The molecular formula is C25H31N3O4. The van der Waals surface area contributed by atoms with Gasteiger partial charge < -0.3 is 19.6 Å². The van der Waals surface area contributed by atoms with Gasteiger partial charge in [-0.2, -0.15) is 0 Å². The van der Waals surface area contributed by atoms with Crippen LogP contribution in [-0.2, 0) is 9.59 Å². The van der Waals surface area contributed by atoms with Crippen molar-refractivity contribution in [3.63, 3.8) is 0 Å². The van der Waals surface area contributed by atoms with Gasteiger partial charge in [0.25, 0.3) is 11.7 Å². The molecule has 7 heteroatoms. The Morgan fingerprint density at radius 2 is 2.00 bits per heavy atom. The van der Waals surface area contributed by atoms with Crippen molar-refractivity contribution in [2.45, 2.75) is 32.2 Å². The van der Waals surface area contributed by atoms with Gasteiger partial charge in [0.05, 0.1) is 18.2 Å². The first-order valence-corrected chi connectivity index (χ1v) is 11.0. The number of likely N-dealkylation sites (tertiary alicyclic amines) is 1. The van der Waals surface area contributed by atoms with Gasteiger partial charge >= 0.3 is 0 Å². The number of carbonyl (C=O) groups excluding carboxylic acids is 2. The minimum atomic E-state index is -0.685. The van der Waals surface area contributed by atoms with E-state index in [4.69, 9.17) is 4.74 Å². The number of pyridine rings is 1. The van der Waals surface area contributed by atoms with Crippen LogP contribution in [-0.4, -0.2) is 65.4 Å². The molecule has 7 nitrogen and oxygen atoms in total. The predicted molar refractivity (Wildman–Crippen MR) is 123 cm³/mol. The Bertz CT molecular complexity index is 972. The van der Waals surface area contributed by atoms with E-state index in [1.165, 1.54) is 4.90 Å².